The summed E-state index contributed by atoms with van der Waals surface area (Å²) < 4.78 is 35.4. The van der Waals surface area contributed by atoms with E-state index in [1.807, 2.05) is 13.0 Å². The molecule has 0 bridgehead atoms. The lowest BCUT2D eigenvalue weighted by molar-refractivity contribution is 0.478. The second kappa shape index (κ2) is 6.01. The maximum Gasteiger partial charge on any atom is 0.153 e. The van der Waals surface area contributed by atoms with E-state index in [1.54, 1.807) is 19.9 Å². The van der Waals surface area contributed by atoms with E-state index in [0.717, 1.165) is 5.56 Å². The molecule has 19 heavy (non-hydrogen) atoms. The molecule has 0 saturated heterocycles. The van der Waals surface area contributed by atoms with Gasteiger partial charge in [-0.05, 0) is 44.9 Å². The van der Waals surface area contributed by atoms with Crippen LogP contribution in [-0.4, -0.2) is 32.0 Å². The molecule has 108 valence electrons. The van der Waals surface area contributed by atoms with Crippen LogP contribution in [0, 0.1) is 5.82 Å². The van der Waals surface area contributed by atoms with Crippen LogP contribution in [-0.2, 0) is 16.3 Å². The molecule has 1 N–H and O–H groups in total. The molecular formula is C14H22FNO2S. The largest absolute Gasteiger partial charge is 0.312 e. The Labute approximate surface area is 115 Å². The van der Waals surface area contributed by atoms with Crippen LogP contribution in [0.25, 0.3) is 0 Å². The fourth-order valence-electron chi connectivity index (χ4n) is 1.64. The maximum absolute atomic E-state index is 13.0. The quantitative estimate of drug-likeness (QED) is 0.872. The Hall–Kier alpha value is -0.940. The Kier molecular flexibility index (Phi) is 5.10. The van der Waals surface area contributed by atoms with Crippen LogP contribution in [0.2, 0.25) is 0 Å². The van der Waals surface area contributed by atoms with Crippen LogP contribution in [0.4, 0.5) is 4.39 Å². The summed E-state index contributed by atoms with van der Waals surface area (Å²) in [6.45, 7) is 5.74. The lowest BCUT2D eigenvalue weighted by Gasteiger charge is -2.25. The molecule has 5 heteroatoms. The normalized spacial score (nSPS) is 14.4. The lowest BCUT2D eigenvalue weighted by Crippen LogP contribution is -2.45. The molecule has 0 saturated carbocycles. The van der Waals surface area contributed by atoms with Crippen molar-refractivity contribution in [2.75, 3.05) is 12.8 Å². The van der Waals surface area contributed by atoms with Gasteiger partial charge in [-0.25, -0.2) is 12.8 Å². The number of rotatable bonds is 6. The summed E-state index contributed by atoms with van der Waals surface area (Å²) in [5.74, 6) is -0.249. The van der Waals surface area contributed by atoms with E-state index in [2.05, 4.69) is 5.32 Å². The highest BCUT2D eigenvalue weighted by Gasteiger charge is 2.30. The summed E-state index contributed by atoms with van der Waals surface area (Å²) in [7, 11) is -3.10. The van der Waals surface area contributed by atoms with E-state index < -0.39 is 14.6 Å². The third-order valence-electron chi connectivity index (χ3n) is 3.31. The van der Waals surface area contributed by atoms with Crippen LogP contribution in [0.3, 0.4) is 0 Å². The van der Waals surface area contributed by atoms with E-state index >= 15 is 0 Å². The van der Waals surface area contributed by atoms with Gasteiger partial charge in [0.1, 0.15) is 5.82 Å². The summed E-state index contributed by atoms with van der Waals surface area (Å²) in [6, 6.07) is 6.54. The van der Waals surface area contributed by atoms with Gasteiger partial charge in [-0.2, -0.15) is 0 Å². The van der Waals surface area contributed by atoms with Crippen molar-refractivity contribution in [2.45, 2.75) is 38.0 Å². The molecule has 1 unspecified atom stereocenters. The molecule has 1 rings (SSSR count). The fourth-order valence-corrected chi connectivity index (χ4v) is 1.99. The number of halogens is 1. The Morgan fingerprint density at radius 1 is 1.37 bits per heavy atom. The van der Waals surface area contributed by atoms with Crippen LogP contribution < -0.4 is 5.32 Å². The highest BCUT2D eigenvalue weighted by Crippen LogP contribution is 2.14. The van der Waals surface area contributed by atoms with Gasteiger partial charge in [0.15, 0.2) is 9.84 Å². The highest BCUT2D eigenvalue weighted by molar-refractivity contribution is 7.92. The van der Waals surface area contributed by atoms with E-state index in [1.165, 1.54) is 18.4 Å². The van der Waals surface area contributed by atoms with E-state index in [0.29, 0.717) is 13.0 Å². The molecule has 3 nitrogen and oxygen atoms in total. The highest BCUT2D eigenvalue weighted by atomic mass is 32.2. The Morgan fingerprint density at radius 2 is 2.00 bits per heavy atom. The SMILES string of the molecule is CC(Cc1cccc(F)c1)NCC(C)(C)S(C)(=O)=O. The average molecular weight is 287 g/mol. The number of sulfone groups is 1. The summed E-state index contributed by atoms with van der Waals surface area (Å²) >= 11 is 0. The monoisotopic (exact) mass is 287 g/mol. The van der Waals surface area contributed by atoms with Crippen molar-refractivity contribution in [1.82, 2.24) is 5.32 Å². The zero-order valence-electron chi connectivity index (χ0n) is 11.9. The van der Waals surface area contributed by atoms with E-state index in [9.17, 15) is 12.8 Å². The number of nitrogens with one attached hydrogen (secondary N) is 1. The van der Waals surface area contributed by atoms with Crippen LogP contribution in [0.5, 0.6) is 0 Å². The molecule has 0 heterocycles. The molecule has 0 fully saturated rings. The molecule has 1 atom stereocenters. The average Bonchev–Trinajstić information content (AvgIpc) is 2.25. The number of benzene rings is 1. The number of hydrogen-bond donors (Lipinski definition) is 1. The van der Waals surface area contributed by atoms with Gasteiger partial charge in [-0.1, -0.05) is 12.1 Å². The van der Waals surface area contributed by atoms with Crippen LogP contribution in [0.15, 0.2) is 24.3 Å². The van der Waals surface area contributed by atoms with Crippen molar-refractivity contribution in [1.29, 1.82) is 0 Å². The molecule has 0 amide bonds. The summed E-state index contributed by atoms with van der Waals surface area (Å²) in [5.41, 5.74) is 0.900. The predicted octanol–water partition coefficient (Wildman–Crippen LogP) is 2.17. The van der Waals surface area contributed by atoms with Gasteiger partial charge in [0.2, 0.25) is 0 Å². The van der Waals surface area contributed by atoms with Crippen molar-refractivity contribution in [3.8, 4) is 0 Å². The van der Waals surface area contributed by atoms with Gasteiger partial charge in [0.25, 0.3) is 0 Å². The molecule has 0 radical (unpaired) electrons. The van der Waals surface area contributed by atoms with Crippen LogP contribution >= 0.6 is 0 Å². The third kappa shape index (κ3) is 4.91. The van der Waals surface area contributed by atoms with E-state index in [4.69, 9.17) is 0 Å². The van der Waals surface area contributed by atoms with Gasteiger partial charge in [0, 0.05) is 18.8 Å². The minimum atomic E-state index is -3.10. The first-order chi connectivity index (χ1) is 8.62. The van der Waals surface area contributed by atoms with Gasteiger partial charge >= 0.3 is 0 Å². The van der Waals surface area contributed by atoms with E-state index in [-0.39, 0.29) is 11.9 Å². The zero-order valence-corrected chi connectivity index (χ0v) is 12.7. The van der Waals surface area contributed by atoms with Gasteiger partial charge < -0.3 is 5.32 Å². The second-order valence-electron chi connectivity index (χ2n) is 5.65. The third-order valence-corrected chi connectivity index (χ3v) is 5.46. The fraction of sp³-hybridized carbons (Fsp3) is 0.571. The van der Waals surface area contributed by atoms with Crippen molar-refractivity contribution in [3.05, 3.63) is 35.6 Å². The molecular weight excluding hydrogens is 265 g/mol. The minimum Gasteiger partial charge on any atom is -0.312 e. The molecule has 1 aromatic rings. The lowest BCUT2D eigenvalue weighted by atomic mass is 10.1. The van der Waals surface area contributed by atoms with Crippen LogP contribution in [0.1, 0.15) is 26.3 Å². The molecule has 0 aliphatic carbocycles. The van der Waals surface area contributed by atoms with Gasteiger partial charge in [-0.3, -0.25) is 0 Å². The second-order valence-corrected chi connectivity index (χ2v) is 8.30. The molecule has 0 aliphatic heterocycles. The molecule has 0 aromatic heterocycles. The van der Waals surface area contributed by atoms with Crippen molar-refractivity contribution < 1.29 is 12.8 Å². The smallest absolute Gasteiger partial charge is 0.153 e. The first-order valence-corrected chi connectivity index (χ1v) is 8.18. The van der Waals surface area contributed by atoms with Crippen molar-refractivity contribution in [3.63, 3.8) is 0 Å². The summed E-state index contributed by atoms with van der Waals surface area (Å²) in [5, 5.41) is 3.20. The predicted molar refractivity (Wildman–Crippen MR) is 76.5 cm³/mol. The van der Waals surface area contributed by atoms with Gasteiger partial charge in [0.05, 0.1) is 4.75 Å². The molecule has 0 spiro atoms. The van der Waals surface area contributed by atoms with Gasteiger partial charge in [-0.15, -0.1) is 0 Å². The first-order valence-electron chi connectivity index (χ1n) is 6.29. The molecule has 0 aliphatic rings. The maximum atomic E-state index is 13.0. The summed E-state index contributed by atoms with van der Waals surface area (Å²) in [6.07, 6.45) is 1.91. The van der Waals surface area contributed by atoms with Crippen molar-refractivity contribution in [2.24, 2.45) is 0 Å². The minimum absolute atomic E-state index is 0.0859. The standard InChI is InChI=1S/C14H22FNO2S/c1-11(8-12-6-5-7-13(15)9-12)16-10-14(2,3)19(4,17)18/h5-7,9,11,16H,8,10H2,1-4H3. The first kappa shape index (κ1) is 16.1. The Balaban J connectivity index is 2.55. The summed E-state index contributed by atoms with van der Waals surface area (Å²) in [4.78, 5) is 0. The Bertz CT molecular complexity index is 526. The molecule has 1 aromatic carbocycles. The topological polar surface area (TPSA) is 46.2 Å². The van der Waals surface area contributed by atoms with Crippen molar-refractivity contribution >= 4 is 9.84 Å². The zero-order chi connectivity index (χ0) is 14.7. The number of hydrogen-bond acceptors (Lipinski definition) is 3. The Morgan fingerprint density at radius 3 is 2.53 bits per heavy atom.